The van der Waals surface area contributed by atoms with Crippen LogP contribution >= 0.6 is 0 Å². The van der Waals surface area contributed by atoms with Gasteiger partial charge in [-0.25, -0.2) is 0 Å². The van der Waals surface area contributed by atoms with Crippen LogP contribution in [-0.4, -0.2) is 74.5 Å². The largest absolute Gasteiger partial charge is 0.368 e. The van der Waals surface area contributed by atoms with Crippen LogP contribution in [-0.2, 0) is 0 Å². The Labute approximate surface area is 276 Å². The van der Waals surface area contributed by atoms with Crippen molar-refractivity contribution >= 4 is 52.3 Å². The van der Waals surface area contributed by atoms with Crippen molar-refractivity contribution < 1.29 is 14.4 Å². The lowest BCUT2D eigenvalue weighted by Crippen LogP contribution is -2.21. The standard InChI is InChI=1S/C36H33N9O3/c46-34(43-28-7-1-4-22(19-28)31-37-10-11-38-31)25-16-26(35(47)44-29-8-2-5-23(20-29)32-39-12-13-40-32)18-27(17-25)36(48)45-30-9-3-6-24(21-30)33-41-14-15-42-33/h1-9,16-21H,10-15H2,(H,37,38)(H,39,40)(H,41,42)(H,43,46)(H,44,47)(H,45,48). The predicted octanol–water partition coefficient (Wildman–Crippen LogP) is 3.49. The number of amides is 3. The molecule has 0 fully saturated rings. The molecule has 0 bridgehead atoms. The maximum atomic E-state index is 13.6. The Morgan fingerprint density at radius 1 is 0.458 bits per heavy atom. The third-order valence-electron chi connectivity index (χ3n) is 7.92. The first-order chi connectivity index (χ1) is 23.5. The van der Waals surface area contributed by atoms with Gasteiger partial charge >= 0.3 is 0 Å². The highest BCUT2D eigenvalue weighted by molar-refractivity contribution is 6.13. The summed E-state index contributed by atoms with van der Waals surface area (Å²) in [5.74, 6) is 0.876. The van der Waals surface area contributed by atoms with Crippen LogP contribution in [0.25, 0.3) is 0 Å². The zero-order chi connectivity index (χ0) is 32.9. The molecule has 6 N–H and O–H groups in total. The fourth-order valence-corrected chi connectivity index (χ4v) is 5.64. The quantitative estimate of drug-likeness (QED) is 0.164. The van der Waals surface area contributed by atoms with Gasteiger partial charge in [0.05, 0.1) is 19.6 Å². The summed E-state index contributed by atoms with van der Waals surface area (Å²) in [6.07, 6.45) is 0. The Kier molecular flexibility index (Phi) is 8.60. The minimum Gasteiger partial charge on any atom is -0.368 e. The number of rotatable bonds is 9. The summed E-state index contributed by atoms with van der Waals surface area (Å²) in [4.78, 5) is 54.3. The van der Waals surface area contributed by atoms with E-state index in [1.54, 1.807) is 18.2 Å². The summed E-state index contributed by atoms with van der Waals surface area (Å²) >= 11 is 0. The Morgan fingerprint density at radius 2 is 0.771 bits per heavy atom. The highest BCUT2D eigenvalue weighted by Gasteiger charge is 2.19. The molecular formula is C36H33N9O3. The van der Waals surface area contributed by atoms with Gasteiger partial charge in [0.2, 0.25) is 0 Å². The highest BCUT2D eigenvalue weighted by atomic mass is 16.2. The van der Waals surface area contributed by atoms with E-state index >= 15 is 0 Å². The van der Waals surface area contributed by atoms with Crippen LogP contribution < -0.4 is 31.9 Å². The van der Waals surface area contributed by atoms with Crippen molar-refractivity contribution in [3.05, 3.63) is 124 Å². The van der Waals surface area contributed by atoms with Crippen molar-refractivity contribution in [2.24, 2.45) is 15.0 Å². The van der Waals surface area contributed by atoms with Crippen LogP contribution in [0, 0.1) is 0 Å². The fraction of sp³-hybridized carbons (Fsp3) is 0.167. The Balaban J connectivity index is 1.17. The van der Waals surface area contributed by atoms with E-state index in [0.717, 1.165) is 53.8 Å². The number of nitrogens with one attached hydrogen (secondary N) is 6. The zero-order valence-electron chi connectivity index (χ0n) is 26.0. The van der Waals surface area contributed by atoms with Gasteiger partial charge in [-0.2, -0.15) is 0 Å². The first-order valence-electron chi connectivity index (χ1n) is 15.7. The highest BCUT2D eigenvalue weighted by Crippen LogP contribution is 2.20. The van der Waals surface area contributed by atoms with E-state index in [4.69, 9.17) is 0 Å². The van der Waals surface area contributed by atoms with E-state index in [-0.39, 0.29) is 16.7 Å². The molecule has 48 heavy (non-hydrogen) atoms. The average molecular weight is 640 g/mol. The molecule has 4 aromatic carbocycles. The molecule has 0 aromatic heterocycles. The Hall–Kier alpha value is -6.30. The van der Waals surface area contributed by atoms with Gasteiger partial charge < -0.3 is 31.9 Å². The van der Waals surface area contributed by atoms with E-state index in [2.05, 4.69) is 46.9 Å². The Morgan fingerprint density at radius 3 is 1.04 bits per heavy atom. The number of benzene rings is 4. The second-order valence-electron chi connectivity index (χ2n) is 11.4. The van der Waals surface area contributed by atoms with Gasteiger partial charge in [-0.1, -0.05) is 36.4 Å². The van der Waals surface area contributed by atoms with E-state index in [0.29, 0.717) is 36.7 Å². The number of carbonyl (C=O) groups excluding carboxylic acids is 3. The molecule has 12 nitrogen and oxygen atoms in total. The minimum absolute atomic E-state index is 0.144. The molecule has 3 aliphatic heterocycles. The maximum Gasteiger partial charge on any atom is 0.255 e. The molecule has 3 amide bonds. The van der Waals surface area contributed by atoms with Crippen LogP contribution in [0.4, 0.5) is 17.1 Å². The molecular weight excluding hydrogens is 606 g/mol. The van der Waals surface area contributed by atoms with Gasteiger partial charge in [-0.15, -0.1) is 0 Å². The lowest BCUT2D eigenvalue weighted by atomic mass is 10.0. The third-order valence-corrected chi connectivity index (χ3v) is 7.92. The second-order valence-corrected chi connectivity index (χ2v) is 11.4. The molecule has 4 aromatic rings. The summed E-state index contributed by atoms with van der Waals surface area (Å²) < 4.78 is 0. The lowest BCUT2D eigenvalue weighted by Gasteiger charge is -2.13. The van der Waals surface area contributed by atoms with Crippen LogP contribution in [0.1, 0.15) is 47.8 Å². The van der Waals surface area contributed by atoms with E-state index in [1.807, 2.05) is 54.6 Å². The molecule has 0 spiro atoms. The Bertz CT molecular complexity index is 1780. The average Bonchev–Trinajstić information content (AvgIpc) is 3.93. The first-order valence-corrected chi connectivity index (χ1v) is 15.7. The fourth-order valence-electron chi connectivity index (χ4n) is 5.64. The molecule has 3 heterocycles. The number of anilines is 3. The van der Waals surface area contributed by atoms with Gasteiger partial charge in [-0.3, -0.25) is 29.4 Å². The number of amidine groups is 3. The first kappa shape index (κ1) is 30.4. The molecule has 0 aliphatic carbocycles. The van der Waals surface area contributed by atoms with Gasteiger partial charge in [0.1, 0.15) is 17.5 Å². The summed E-state index contributed by atoms with van der Waals surface area (Å²) in [5.41, 5.74) is 4.63. The van der Waals surface area contributed by atoms with Crippen molar-refractivity contribution in [3.63, 3.8) is 0 Å². The van der Waals surface area contributed by atoms with Crippen LogP contribution in [0.2, 0.25) is 0 Å². The molecule has 0 saturated carbocycles. The molecule has 0 atom stereocenters. The predicted molar refractivity (Wildman–Crippen MR) is 188 cm³/mol. The topological polar surface area (TPSA) is 160 Å². The number of nitrogens with zero attached hydrogens (tertiary/aromatic N) is 3. The molecule has 3 aliphatic rings. The van der Waals surface area contributed by atoms with Gasteiger partial charge in [0, 0.05) is 70.1 Å². The van der Waals surface area contributed by atoms with Gasteiger partial charge in [0.15, 0.2) is 0 Å². The summed E-state index contributed by atoms with van der Waals surface area (Å²) in [5, 5.41) is 18.4. The maximum absolute atomic E-state index is 13.6. The van der Waals surface area contributed by atoms with Crippen molar-refractivity contribution in [1.82, 2.24) is 16.0 Å². The number of hydrogen-bond donors (Lipinski definition) is 6. The van der Waals surface area contributed by atoms with Crippen molar-refractivity contribution in [2.75, 3.05) is 55.2 Å². The molecule has 240 valence electrons. The van der Waals surface area contributed by atoms with Crippen molar-refractivity contribution in [3.8, 4) is 0 Å². The van der Waals surface area contributed by atoms with Crippen LogP contribution in [0.15, 0.2) is 106 Å². The minimum atomic E-state index is -0.475. The lowest BCUT2D eigenvalue weighted by molar-refractivity contribution is 0.102. The summed E-state index contributed by atoms with van der Waals surface area (Å²) in [6, 6.07) is 26.5. The van der Waals surface area contributed by atoms with Crippen molar-refractivity contribution in [1.29, 1.82) is 0 Å². The third kappa shape index (κ3) is 6.92. The zero-order valence-corrected chi connectivity index (χ0v) is 26.0. The smallest absolute Gasteiger partial charge is 0.255 e. The van der Waals surface area contributed by atoms with E-state index in [1.165, 1.54) is 18.2 Å². The summed E-state index contributed by atoms with van der Waals surface area (Å²) in [7, 11) is 0. The number of hydrogen-bond acceptors (Lipinski definition) is 9. The van der Waals surface area contributed by atoms with Crippen LogP contribution in [0.5, 0.6) is 0 Å². The van der Waals surface area contributed by atoms with Crippen LogP contribution in [0.3, 0.4) is 0 Å². The number of carbonyl (C=O) groups is 3. The molecule has 7 rings (SSSR count). The molecule has 0 unspecified atom stereocenters. The number of aliphatic imine (C=N–C) groups is 3. The molecule has 0 radical (unpaired) electrons. The van der Waals surface area contributed by atoms with Crippen molar-refractivity contribution in [2.45, 2.75) is 0 Å². The molecule has 12 heteroatoms. The summed E-state index contributed by atoms with van der Waals surface area (Å²) in [6.45, 7) is 4.36. The molecule has 0 saturated heterocycles. The van der Waals surface area contributed by atoms with Gasteiger partial charge in [0.25, 0.3) is 17.7 Å². The second kappa shape index (κ2) is 13.6. The van der Waals surface area contributed by atoms with Gasteiger partial charge in [-0.05, 0) is 54.6 Å². The van der Waals surface area contributed by atoms with E-state index < -0.39 is 17.7 Å². The van der Waals surface area contributed by atoms with E-state index in [9.17, 15) is 14.4 Å². The normalized spacial score (nSPS) is 14.9. The SMILES string of the molecule is O=C(Nc1cccc(C2=NCCN2)c1)c1cc(C(=O)Nc2cccc(C3=NCCN3)c2)cc(C(=O)Nc2cccc(C3=NCCN3)c2)c1. The monoisotopic (exact) mass is 639 g/mol.